The first-order valence-electron chi connectivity index (χ1n) is 7.48. The summed E-state index contributed by atoms with van der Waals surface area (Å²) in [5.41, 5.74) is 0.374. The summed E-state index contributed by atoms with van der Waals surface area (Å²) in [6.07, 6.45) is 6.64. The van der Waals surface area contributed by atoms with Gasteiger partial charge in [0.2, 0.25) is 0 Å². The van der Waals surface area contributed by atoms with E-state index in [0.717, 1.165) is 11.8 Å². The smallest absolute Gasteiger partial charge is 0.157 e. The fraction of sp³-hybridized carbons (Fsp3) is 0.933. The highest BCUT2D eigenvalue weighted by molar-refractivity contribution is 8.14. The van der Waals surface area contributed by atoms with Crippen molar-refractivity contribution in [3.63, 3.8) is 0 Å². The van der Waals surface area contributed by atoms with Crippen LogP contribution in [0.25, 0.3) is 0 Å². The zero-order valence-electron chi connectivity index (χ0n) is 12.3. The second-order valence-electron chi connectivity index (χ2n) is 6.81. The zero-order valence-corrected chi connectivity index (χ0v) is 13.1. The molecule has 3 heteroatoms. The molecule has 18 heavy (non-hydrogen) atoms. The standard InChI is InChI=1S/C15H28N2S/c1-11(2)8-13(4)16-14-17-15(10-18-14)7-5-6-12(3)9-15/h11-13H,5-10H2,1-4H3,(H,16,17). The normalized spacial score (nSPS) is 36.3. The Bertz CT molecular complexity index is 314. The van der Waals surface area contributed by atoms with Gasteiger partial charge in [0.15, 0.2) is 5.17 Å². The minimum absolute atomic E-state index is 0.374. The van der Waals surface area contributed by atoms with Crippen LogP contribution in [0.4, 0.5) is 0 Å². The van der Waals surface area contributed by atoms with E-state index in [-0.39, 0.29) is 0 Å². The van der Waals surface area contributed by atoms with E-state index in [0.29, 0.717) is 11.6 Å². The molecule has 1 heterocycles. The van der Waals surface area contributed by atoms with Gasteiger partial charge in [-0.3, -0.25) is 4.99 Å². The average molecular weight is 268 g/mol. The Balaban J connectivity index is 1.93. The van der Waals surface area contributed by atoms with Gasteiger partial charge >= 0.3 is 0 Å². The highest BCUT2D eigenvalue weighted by atomic mass is 32.2. The molecule has 1 saturated carbocycles. The van der Waals surface area contributed by atoms with Gasteiger partial charge in [0.05, 0.1) is 6.04 Å². The zero-order chi connectivity index (χ0) is 13.2. The molecule has 3 atom stereocenters. The second-order valence-corrected chi connectivity index (χ2v) is 7.77. The summed E-state index contributed by atoms with van der Waals surface area (Å²) in [7, 11) is 0. The monoisotopic (exact) mass is 268 g/mol. The fourth-order valence-corrected chi connectivity index (χ4v) is 4.71. The SMILES string of the molecule is CC(C)CC(C)N=C1NC2(CCCC(C)C2)CS1. The Labute approximate surface area is 116 Å². The van der Waals surface area contributed by atoms with E-state index in [4.69, 9.17) is 4.99 Å². The van der Waals surface area contributed by atoms with E-state index in [1.807, 2.05) is 11.8 Å². The van der Waals surface area contributed by atoms with Crippen LogP contribution in [0.15, 0.2) is 4.99 Å². The van der Waals surface area contributed by atoms with Crippen molar-refractivity contribution in [3.8, 4) is 0 Å². The molecule has 0 radical (unpaired) electrons. The molecular formula is C15H28N2S. The second kappa shape index (κ2) is 5.85. The van der Waals surface area contributed by atoms with E-state index in [1.165, 1.54) is 43.0 Å². The predicted octanol–water partition coefficient (Wildman–Crippen LogP) is 4.06. The lowest BCUT2D eigenvalue weighted by molar-refractivity contribution is 0.242. The van der Waals surface area contributed by atoms with Gasteiger partial charge in [-0.05, 0) is 38.0 Å². The number of amidine groups is 1. The number of rotatable bonds is 3. The van der Waals surface area contributed by atoms with Crippen molar-refractivity contribution in [2.24, 2.45) is 16.8 Å². The van der Waals surface area contributed by atoms with Gasteiger partial charge in [0, 0.05) is 11.3 Å². The molecule has 1 aliphatic carbocycles. The van der Waals surface area contributed by atoms with Crippen molar-refractivity contribution in [2.75, 3.05) is 5.75 Å². The lowest BCUT2D eigenvalue weighted by Crippen LogP contribution is -2.47. The Kier molecular flexibility index (Phi) is 4.63. The summed E-state index contributed by atoms with van der Waals surface area (Å²) < 4.78 is 0. The molecule has 2 aliphatic rings. The van der Waals surface area contributed by atoms with E-state index in [2.05, 4.69) is 33.0 Å². The van der Waals surface area contributed by atoms with Crippen LogP contribution in [0.5, 0.6) is 0 Å². The first-order valence-corrected chi connectivity index (χ1v) is 8.46. The quantitative estimate of drug-likeness (QED) is 0.834. The lowest BCUT2D eigenvalue weighted by atomic mass is 9.78. The Morgan fingerprint density at radius 1 is 1.44 bits per heavy atom. The van der Waals surface area contributed by atoms with Gasteiger partial charge in [0.25, 0.3) is 0 Å². The molecule has 3 unspecified atom stereocenters. The molecular weight excluding hydrogens is 240 g/mol. The van der Waals surface area contributed by atoms with Crippen LogP contribution in [0, 0.1) is 11.8 Å². The maximum atomic E-state index is 4.86. The maximum Gasteiger partial charge on any atom is 0.157 e. The molecule has 1 N–H and O–H groups in total. The maximum absolute atomic E-state index is 4.86. The summed E-state index contributed by atoms with van der Waals surface area (Å²) >= 11 is 1.94. The number of nitrogens with zero attached hydrogens (tertiary/aromatic N) is 1. The third-order valence-electron chi connectivity index (χ3n) is 4.10. The summed E-state index contributed by atoms with van der Waals surface area (Å²) in [4.78, 5) is 4.86. The number of hydrogen-bond acceptors (Lipinski definition) is 2. The van der Waals surface area contributed by atoms with Crippen LogP contribution in [0.3, 0.4) is 0 Å². The molecule has 104 valence electrons. The van der Waals surface area contributed by atoms with Crippen molar-refractivity contribution < 1.29 is 0 Å². The predicted molar refractivity (Wildman–Crippen MR) is 82.3 cm³/mol. The van der Waals surface area contributed by atoms with Crippen molar-refractivity contribution >= 4 is 16.9 Å². The number of nitrogens with one attached hydrogen (secondary N) is 1. The van der Waals surface area contributed by atoms with Crippen LogP contribution in [0.1, 0.15) is 59.8 Å². The highest BCUT2D eigenvalue weighted by Crippen LogP contribution is 2.38. The summed E-state index contributed by atoms with van der Waals surface area (Å²) in [6, 6.07) is 0.455. The van der Waals surface area contributed by atoms with Gasteiger partial charge in [-0.2, -0.15) is 0 Å². The first-order chi connectivity index (χ1) is 8.49. The van der Waals surface area contributed by atoms with E-state index < -0.39 is 0 Å². The van der Waals surface area contributed by atoms with Gasteiger partial charge in [-0.1, -0.05) is 45.4 Å². The molecule has 2 nitrogen and oxygen atoms in total. The fourth-order valence-electron chi connectivity index (χ4n) is 3.41. The van der Waals surface area contributed by atoms with E-state index in [1.54, 1.807) is 0 Å². The topological polar surface area (TPSA) is 24.4 Å². The average Bonchev–Trinajstić information content (AvgIpc) is 2.59. The molecule has 0 aromatic heterocycles. The Morgan fingerprint density at radius 2 is 2.22 bits per heavy atom. The van der Waals surface area contributed by atoms with Crippen molar-refractivity contribution in [1.82, 2.24) is 5.32 Å². The van der Waals surface area contributed by atoms with Gasteiger partial charge < -0.3 is 5.32 Å². The van der Waals surface area contributed by atoms with Crippen molar-refractivity contribution in [1.29, 1.82) is 0 Å². The van der Waals surface area contributed by atoms with Crippen LogP contribution in [-0.4, -0.2) is 22.5 Å². The molecule has 1 saturated heterocycles. The molecule has 0 aromatic carbocycles. The van der Waals surface area contributed by atoms with Crippen molar-refractivity contribution in [2.45, 2.75) is 71.4 Å². The molecule has 1 spiro atoms. The Morgan fingerprint density at radius 3 is 2.89 bits per heavy atom. The molecule has 2 fully saturated rings. The molecule has 0 amide bonds. The summed E-state index contributed by atoms with van der Waals surface area (Å²) in [5.74, 6) is 2.84. The molecule has 0 bridgehead atoms. The first kappa shape index (κ1) is 14.2. The minimum atomic E-state index is 0.374. The number of hydrogen-bond donors (Lipinski definition) is 1. The molecule has 1 aliphatic heterocycles. The number of thioether (sulfide) groups is 1. The summed E-state index contributed by atoms with van der Waals surface area (Å²) in [6.45, 7) is 9.18. The van der Waals surface area contributed by atoms with Gasteiger partial charge in [-0.25, -0.2) is 0 Å². The van der Waals surface area contributed by atoms with Crippen LogP contribution in [-0.2, 0) is 0 Å². The lowest BCUT2D eigenvalue weighted by Gasteiger charge is -2.36. The summed E-state index contributed by atoms with van der Waals surface area (Å²) in [5, 5.41) is 4.96. The molecule has 2 rings (SSSR count). The van der Waals surface area contributed by atoms with Crippen LogP contribution in [0.2, 0.25) is 0 Å². The van der Waals surface area contributed by atoms with E-state index in [9.17, 15) is 0 Å². The van der Waals surface area contributed by atoms with E-state index >= 15 is 0 Å². The van der Waals surface area contributed by atoms with Crippen LogP contribution >= 0.6 is 11.8 Å². The molecule has 0 aromatic rings. The Hall–Kier alpha value is -0.180. The number of aliphatic imine (C=N–C) groups is 1. The van der Waals surface area contributed by atoms with Crippen molar-refractivity contribution in [3.05, 3.63) is 0 Å². The minimum Gasteiger partial charge on any atom is -0.359 e. The third kappa shape index (κ3) is 3.66. The van der Waals surface area contributed by atoms with Gasteiger partial charge in [-0.15, -0.1) is 0 Å². The van der Waals surface area contributed by atoms with Crippen LogP contribution < -0.4 is 5.32 Å². The highest BCUT2D eigenvalue weighted by Gasteiger charge is 2.40. The van der Waals surface area contributed by atoms with Gasteiger partial charge in [0.1, 0.15) is 0 Å². The largest absolute Gasteiger partial charge is 0.359 e. The third-order valence-corrected chi connectivity index (χ3v) is 5.28.